The molecule has 2 aromatic carbocycles. The van der Waals surface area contributed by atoms with E-state index in [1.165, 1.54) is 0 Å². The summed E-state index contributed by atoms with van der Waals surface area (Å²) in [6.45, 7) is 4.63. The second-order valence-corrected chi connectivity index (χ2v) is 6.85. The third kappa shape index (κ3) is 5.09. The molecule has 5 nitrogen and oxygen atoms in total. The number of aryl methyl sites for hydroxylation is 1. The molecule has 0 saturated heterocycles. The van der Waals surface area contributed by atoms with Crippen LogP contribution in [0.3, 0.4) is 0 Å². The molecule has 0 aliphatic carbocycles. The smallest absolute Gasteiger partial charge is 0.335 e. The Kier molecular flexibility index (Phi) is 6.39. The van der Waals surface area contributed by atoms with Crippen molar-refractivity contribution >= 4 is 11.9 Å². The number of ether oxygens (including phenoxy) is 1. The number of carboxylic acids is 1. The van der Waals surface area contributed by atoms with Crippen LogP contribution in [0.4, 0.5) is 0 Å². The Morgan fingerprint density at radius 1 is 1.08 bits per heavy atom. The Labute approximate surface area is 154 Å². The first-order valence-electron chi connectivity index (χ1n) is 8.56. The number of carbonyl (C=O) groups is 2. The van der Waals surface area contributed by atoms with Crippen molar-refractivity contribution in [1.29, 1.82) is 0 Å². The Balaban J connectivity index is 1.90. The molecule has 2 N–H and O–H groups in total. The maximum Gasteiger partial charge on any atom is 0.335 e. The first kappa shape index (κ1) is 19.5. The third-order valence-corrected chi connectivity index (χ3v) is 4.47. The Hall–Kier alpha value is -2.82. The molecular weight excluding hydrogens is 330 g/mol. The van der Waals surface area contributed by atoms with E-state index in [1.54, 1.807) is 31.4 Å². The van der Waals surface area contributed by atoms with Crippen LogP contribution in [0.5, 0.6) is 5.75 Å². The fourth-order valence-corrected chi connectivity index (χ4v) is 2.75. The van der Waals surface area contributed by atoms with E-state index in [9.17, 15) is 14.7 Å². The molecule has 5 heteroatoms. The molecule has 138 valence electrons. The van der Waals surface area contributed by atoms with Crippen molar-refractivity contribution in [3.63, 3.8) is 0 Å². The van der Waals surface area contributed by atoms with E-state index in [-0.39, 0.29) is 23.3 Å². The van der Waals surface area contributed by atoms with Gasteiger partial charge in [-0.15, -0.1) is 0 Å². The first-order valence-corrected chi connectivity index (χ1v) is 8.56. The standard InChI is InChI=1S/C21H25NO4/c1-21(2,16-9-11-17(26-3)12-10-16)14-22-19(23)13-8-15-6-4-5-7-18(15)20(24)25/h4-7,9-12H,8,13-14H2,1-3H3,(H,22,23)(H,24,25). The van der Waals surface area contributed by atoms with Crippen LogP contribution in [0, 0.1) is 0 Å². The molecule has 26 heavy (non-hydrogen) atoms. The van der Waals surface area contributed by atoms with Crippen LogP contribution in [0.2, 0.25) is 0 Å². The molecule has 0 aromatic heterocycles. The van der Waals surface area contributed by atoms with Gasteiger partial charge in [-0.2, -0.15) is 0 Å². The number of benzene rings is 2. The maximum absolute atomic E-state index is 12.2. The average Bonchev–Trinajstić information content (AvgIpc) is 2.65. The van der Waals surface area contributed by atoms with E-state index in [0.717, 1.165) is 11.3 Å². The number of hydrogen-bond donors (Lipinski definition) is 2. The lowest BCUT2D eigenvalue weighted by Gasteiger charge is -2.26. The minimum Gasteiger partial charge on any atom is -0.497 e. The van der Waals surface area contributed by atoms with E-state index in [2.05, 4.69) is 19.2 Å². The molecule has 2 rings (SSSR count). The molecule has 0 fully saturated rings. The second-order valence-electron chi connectivity index (χ2n) is 6.85. The van der Waals surface area contributed by atoms with Crippen LogP contribution in [-0.2, 0) is 16.6 Å². The Morgan fingerprint density at radius 3 is 2.35 bits per heavy atom. The van der Waals surface area contributed by atoms with Crippen molar-refractivity contribution in [3.8, 4) is 5.75 Å². The van der Waals surface area contributed by atoms with Gasteiger partial charge in [0.1, 0.15) is 5.75 Å². The van der Waals surface area contributed by atoms with Gasteiger partial charge in [-0.05, 0) is 35.7 Å². The van der Waals surface area contributed by atoms with Crippen molar-refractivity contribution in [3.05, 3.63) is 65.2 Å². The van der Waals surface area contributed by atoms with Crippen LogP contribution >= 0.6 is 0 Å². The SMILES string of the molecule is COc1ccc(C(C)(C)CNC(=O)CCc2ccccc2C(=O)O)cc1. The highest BCUT2D eigenvalue weighted by molar-refractivity contribution is 5.89. The molecule has 0 saturated carbocycles. The summed E-state index contributed by atoms with van der Waals surface area (Å²) in [4.78, 5) is 23.4. The van der Waals surface area contributed by atoms with Crippen molar-refractivity contribution in [2.24, 2.45) is 0 Å². The predicted octanol–water partition coefficient (Wildman–Crippen LogP) is 3.42. The van der Waals surface area contributed by atoms with Crippen LogP contribution < -0.4 is 10.1 Å². The number of rotatable bonds is 8. The number of carbonyl (C=O) groups excluding carboxylic acids is 1. The lowest BCUT2D eigenvalue weighted by Crippen LogP contribution is -2.36. The van der Waals surface area contributed by atoms with E-state index in [4.69, 9.17) is 4.74 Å². The topological polar surface area (TPSA) is 75.6 Å². The van der Waals surface area contributed by atoms with Gasteiger partial charge < -0.3 is 15.2 Å². The van der Waals surface area contributed by atoms with Gasteiger partial charge in [-0.3, -0.25) is 4.79 Å². The zero-order valence-corrected chi connectivity index (χ0v) is 15.4. The van der Waals surface area contributed by atoms with Crippen molar-refractivity contribution in [2.45, 2.75) is 32.1 Å². The largest absolute Gasteiger partial charge is 0.497 e. The van der Waals surface area contributed by atoms with Gasteiger partial charge in [-0.1, -0.05) is 44.2 Å². The fraction of sp³-hybridized carbons (Fsp3) is 0.333. The fourth-order valence-electron chi connectivity index (χ4n) is 2.75. The number of amides is 1. The number of hydrogen-bond acceptors (Lipinski definition) is 3. The summed E-state index contributed by atoms with van der Waals surface area (Å²) in [7, 11) is 1.63. The summed E-state index contributed by atoms with van der Waals surface area (Å²) in [5.74, 6) is -0.265. The lowest BCUT2D eigenvalue weighted by molar-refractivity contribution is -0.121. The van der Waals surface area contributed by atoms with Gasteiger partial charge in [0.05, 0.1) is 12.7 Å². The molecule has 0 bridgehead atoms. The molecule has 0 heterocycles. The van der Waals surface area contributed by atoms with Gasteiger partial charge >= 0.3 is 5.97 Å². The predicted molar refractivity (Wildman–Crippen MR) is 101 cm³/mol. The molecule has 1 amide bonds. The van der Waals surface area contributed by atoms with E-state index in [1.807, 2.05) is 24.3 Å². The summed E-state index contributed by atoms with van der Waals surface area (Å²) >= 11 is 0. The monoisotopic (exact) mass is 355 g/mol. The molecule has 0 aliphatic heterocycles. The van der Waals surface area contributed by atoms with Gasteiger partial charge in [0, 0.05) is 18.4 Å². The molecule has 2 aromatic rings. The number of aromatic carboxylic acids is 1. The molecule has 0 unspecified atom stereocenters. The zero-order chi connectivity index (χ0) is 19.2. The van der Waals surface area contributed by atoms with E-state index in [0.29, 0.717) is 18.5 Å². The Bertz CT molecular complexity index is 766. The highest BCUT2D eigenvalue weighted by Crippen LogP contribution is 2.24. The minimum atomic E-state index is -0.971. The molecule has 0 atom stereocenters. The number of carboxylic acid groups (broad SMARTS) is 1. The van der Waals surface area contributed by atoms with Gasteiger partial charge in [-0.25, -0.2) is 4.79 Å². The van der Waals surface area contributed by atoms with E-state index < -0.39 is 5.97 Å². The van der Waals surface area contributed by atoms with Crippen LogP contribution in [-0.4, -0.2) is 30.6 Å². The molecular formula is C21H25NO4. The highest BCUT2D eigenvalue weighted by atomic mass is 16.5. The Morgan fingerprint density at radius 2 is 1.73 bits per heavy atom. The molecule has 0 radical (unpaired) electrons. The van der Waals surface area contributed by atoms with Crippen molar-refractivity contribution < 1.29 is 19.4 Å². The van der Waals surface area contributed by atoms with Crippen LogP contribution in [0.25, 0.3) is 0 Å². The molecule has 0 aliphatic rings. The summed E-state index contributed by atoms with van der Waals surface area (Å²) in [6.07, 6.45) is 0.653. The summed E-state index contributed by atoms with van der Waals surface area (Å²) < 4.78 is 5.17. The quantitative estimate of drug-likeness (QED) is 0.761. The van der Waals surface area contributed by atoms with Gasteiger partial charge in [0.25, 0.3) is 0 Å². The normalized spacial score (nSPS) is 11.0. The second kappa shape index (κ2) is 8.52. The maximum atomic E-state index is 12.2. The lowest BCUT2D eigenvalue weighted by atomic mass is 9.84. The third-order valence-electron chi connectivity index (χ3n) is 4.47. The van der Waals surface area contributed by atoms with Crippen LogP contribution in [0.1, 0.15) is 41.8 Å². The van der Waals surface area contributed by atoms with Crippen LogP contribution in [0.15, 0.2) is 48.5 Å². The number of methoxy groups -OCH3 is 1. The highest BCUT2D eigenvalue weighted by Gasteiger charge is 2.21. The summed E-state index contributed by atoms with van der Waals surface area (Å²) in [5.41, 5.74) is 1.80. The first-order chi connectivity index (χ1) is 12.3. The van der Waals surface area contributed by atoms with Crippen molar-refractivity contribution in [2.75, 3.05) is 13.7 Å². The summed E-state index contributed by atoms with van der Waals surface area (Å²) in [6, 6.07) is 14.6. The van der Waals surface area contributed by atoms with Gasteiger partial charge in [0.15, 0.2) is 0 Å². The molecule has 0 spiro atoms. The summed E-state index contributed by atoms with van der Waals surface area (Å²) in [5, 5.41) is 12.1. The van der Waals surface area contributed by atoms with E-state index >= 15 is 0 Å². The number of nitrogens with one attached hydrogen (secondary N) is 1. The zero-order valence-electron chi connectivity index (χ0n) is 15.4. The minimum absolute atomic E-state index is 0.0909. The average molecular weight is 355 g/mol. The van der Waals surface area contributed by atoms with Gasteiger partial charge in [0.2, 0.25) is 5.91 Å². The van der Waals surface area contributed by atoms with Crippen molar-refractivity contribution in [1.82, 2.24) is 5.32 Å².